The predicted molar refractivity (Wildman–Crippen MR) is 212 cm³/mol. The number of aryl methyl sites for hydroxylation is 1. The first-order valence-corrected chi connectivity index (χ1v) is 20.4. The van der Waals surface area contributed by atoms with E-state index in [1.807, 2.05) is 24.3 Å². The molecule has 3 aromatic heterocycles. The number of aromatic hydroxyl groups is 1. The molecule has 0 radical (unpaired) electrons. The van der Waals surface area contributed by atoms with E-state index in [2.05, 4.69) is 25.1 Å². The number of anilines is 2. The van der Waals surface area contributed by atoms with E-state index >= 15 is 0 Å². The van der Waals surface area contributed by atoms with Crippen molar-refractivity contribution in [1.82, 2.24) is 38.9 Å². The van der Waals surface area contributed by atoms with E-state index in [0.717, 1.165) is 63.3 Å². The molecule has 60 heavy (non-hydrogen) atoms. The number of hydrogen-bond donors (Lipinski definition) is 2. The number of ether oxygens (including phenoxy) is 1. The van der Waals surface area contributed by atoms with Crippen molar-refractivity contribution < 1.29 is 32.6 Å². The van der Waals surface area contributed by atoms with Crippen LogP contribution in [0.3, 0.4) is 0 Å². The number of likely N-dealkylation sites (tertiary alicyclic amines) is 1. The van der Waals surface area contributed by atoms with Gasteiger partial charge in [-0.15, -0.1) is 5.10 Å². The average molecular weight is 845 g/mol. The van der Waals surface area contributed by atoms with Crippen molar-refractivity contribution in [2.45, 2.75) is 62.8 Å². The van der Waals surface area contributed by atoms with Crippen LogP contribution in [0.4, 0.5) is 24.5 Å². The van der Waals surface area contributed by atoms with Crippen LogP contribution in [-0.4, -0.2) is 114 Å². The van der Waals surface area contributed by atoms with Crippen LogP contribution in [0.5, 0.6) is 5.75 Å². The summed E-state index contributed by atoms with van der Waals surface area (Å²) in [6.07, 6.45) is -1.24. The third-order valence-electron chi connectivity index (χ3n) is 13.1. The zero-order chi connectivity index (χ0) is 41.7. The maximum Gasteiger partial charge on any atom is 0.416 e. The fourth-order valence-corrected chi connectivity index (χ4v) is 9.99. The third-order valence-corrected chi connectivity index (χ3v) is 13.4. The number of amides is 2. The Balaban J connectivity index is 0.980. The lowest BCUT2D eigenvalue weighted by Gasteiger charge is -2.43. The van der Waals surface area contributed by atoms with E-state index in [0.29, 0.717) is 60.8 Å². The largest absolute Gasteiger partial charge is 0.504 e. The Hall–Kier alpha value is -5.59. The van der Waals surface area contributed by atoms with Crippen molar-refractivity contribution in [2.24, 2.45) is 5.92 Å². The van der Waals surface area contributed by atoms with Gasteiger partial charge in [0.25, 0.3) is 11.5 Å². The number of piperazine rings is 1. The summed E-state index contributed by atoms with van der Waals surface area (Å²) in [5.74, 6) is -0.886. The second-order valence-corrected chi connectivity index (χ2v) is 16.7. The monoisotopic (exact) mass is 844 g/mol. The Morgan fingerprint density at radius 1 is 1.03 bits per heavy atom. The van der Waals surface area contributed by atoms with Crippen LogP contribution in [0.15, 0.2) is 53.6 Å². The molecule has 3 saturated heterocycles. The van der Waals surface area contributed by atoms with Gasteiger partial charge in [0, 0.05) is 66.7 Å². The van der Waals surface area contributed by atoms with Gasteiger partial charge in [0.15, 0.2) is 17.3 Å². The molecule has 19 heteroatoms. The molecule has 1 spiro atoms. The number of hydrogen-bond acceptors (Lipinski definition) is 11. The second kappa shape index (κ2) is 14.3. The van der Waals surface area contributed by atoms with Crippen molar-refractivity contribution in [2.75, 3.05) is 56.2 Å². The molecule has 2 amide bonds. The number of piperidine rings is 1. The van der Waals surface area contributed by atoms with Crippen LogP contribution in [0.1, 0.15) is 52.3 Å². The number of nitrogens with one attached hydrogen (secondary N) is 1. The molecule has 4 fully saturated rings. The van der Waals surface area contributed by atoms with Crippen molar-refractivity contribution in [1.29, 1.82) is 0 Å². The highest BCUT2D eigenvalue weighted by Gasteiger charge is 2.63. The highest BCUT2D eigenvalue weighted by molar-refractivity contribution is 6.33. The topological polar surface area (TPSA) is 163 Å². The van der Waals surface area contributed by atoms with Gasteiger partial charge in [-0.25, -0.2) is 9.97 Å². The minimum absolute atomic E-state index is 0.00309. The maximum absolute atomic E-state index is 14.8. The number of fused-ring (bicyclic) bond motifs is 5. The zero-order valence-corrected chi connectivity index (χ0v) is 33.2. The number of carbonyl (C=O) groups excluding carboxylic acids is 2. The Bertz CT molecular complexity index is 2620. The van der Waals surface area contributed by atoms with Crippen molar-refractivity contribution in [3.63, 3.8) is 0 Å². The fourth-order valence-electron chi connectivity index (χ4n) is 9.77. The first-order chi connectivity index (χ1) is 28.8. The number of rotatable bonds is 7. The van der Waals surface area contributed by atoms with Crippen LogP contribution in [0, 0.1) is 12.8 Å². The summed E-state index contributed by atoms with van der Waals surface area (Å²) in [5.41, 5.74) is 1.19. The lowest BCUT2D eigenvalue weighted by molar-refractivity contribution is -0.137. The van der Waals surface area contributed by atoms with Crippen LogP contribution in [0.2, 0.25) is 5.02 Å². The lowest BCUT2D eigenvalue weighted by atomic mass is 9.73. The van der Waals surface area contributed by atoms with E-state index in [-0.39, 0.29) is 57.8 Å². The molecule has 2 aliphatic carbocycles. The van der Waals surface area contributed by atoms with Gasteiger partial charge >= 0.3 is 6.18 Å². The summed E-state index contributed by atoms with van der Waals surface area (Å²) in [4.78, 5) is 61.6. The molecule has 3 unspecified atom stereocenters. The highest BCUT2D eigenvalue weighted by atomic mass is 35.5. The summed E-state index contributed by atoms with van der Waals surface area (Å²) >= 11 is 6.21. The van der Waals surface area contributed by atoms with Gasteiger partial charge in [0.05, 0.1) is 41.2 Å². The standard InChI is InChI=1S/C41H40ClF3N10O5/c1-22-35(57)34(47-21-46-22)38(59)53-11-10-40(27-17-31(27)53)9-8-30-33(40)37(58)55-39(54(30)18-32(56)48-29-7-4-24(16-28(29)42)41(43,44)45)49-36(50-55)23-2-5-25(6-3-23)51-12-14-52(15-13-51)26-19-60-20-26/h2-7,16,21,26-27,31,57H,8-15,17-20H2,1H3,(H,48,56). The molecule has 2 N–H and O–H groups in total. The molecule has 312 valence electrons. The Labute approximate surface area is 345 Å². The fraction of sp³-hybridized carbons (Fsp3) is 0.439. The van der Waals surface area contributed by atoms with Gasteiger partial charge in [-0.05, 0) is 81.0 Å². The molecule has 15 nitrogen and oxygen atoms in total. The molecule has 5 aliphatic rings. The molecule has 6 heterocycles. The minimum Gasteiger partial charge on any atom is -0.504 e. The molecule has 3 atom stereocenters. The SMILES string of the molecule is Cc1ncnc(C(=O)N2CCC3(CCc4c3c(=O)n3nc(-c5ccc(N6CCN(C7COC7)CC6)cc5)nc3n4CC(=O)Nc3ccc(C(F)(F)F)cc3Cl)C3CC32)c1O. The van der Waals surface area contributed by atoms with Gasteiger partial charge in [-0.1, -0.05) is 11.6 Å². The number of benzene rings is 2. The summed E-state index contributed by atoms with van der Waals surface area (Å²) in [6, 6.07) is 10.9. The Kier molecular flexibility index (Phi) is 9.18. The van der Waals surface area contributed by atoms with E-state index in [1.165, 1.54) is 10.8 Å². The Morgan fingerprint density at radius 2 is 1.80 bits per heavy atom. The summed E-state index contributed by atoms with van der Waals surface area (Å²) in [5, 5.41) is 17.7. The summed E-state index contributed by atoms with van der Waals surface area (Å²) in [7, 11) is 0. The normalized spacial score (nSPS) is 22.8. The number of halogens is 4. The molecule has 3 aliphatic heterocycles. The van der Waals surface area contributed by atoms with Crippen molar-refractivity contribution in [3.05, 3.63) is 92.4 Å². The second-order valence-electron chi connectivity index (χ2n) is 16.3. The molecular formula is C41H40ClF3N10O5. The van der Waals surface area contributed by atoms with Crippen LogP contribution >= 0.6 is 11.6 Å². The van der Waals surface area contributed by atoms with Crippen LogP contribution < -0.4 is 15.8 Å². The highest BCUT2D eigenvalue weighted by Crippen LogP contribution is 2.60. The average Bonchev–Trinajstić information content (AvgIpc) is 3.75. The van der Waals surface area contributed by atoms with Gasteiger partial charge in [0.1, 0.15) is 12.9 Å². The molecule has 1 saturated carbocycles. The number of alkyl halides is 3. The van der Waals surface area contributed by atoms with Crippen molar-refractivity contribution >= 4 is 40.6 Å². The van der Waals surface area contributed by atoms with E-state index < -0.39 is 29.0 Å². The number of aromatic nitrogens is 6. The van der Waals surface area contributed by atoms with E-state index in [9.17, 15) is 32.7 Å². The molecular weight excluding hydrogens is 805 g/mol. The predicted octanol–water partition coefficient (Wildman–Crippen LogP) is 4.31. The lowest BCUT2D eigenvalue weighted by Crippen LogP contribution is -2.56. The van der Waals surface area contributed by atoms with Gasteiger partial charge < -0.3 is 29.5 Å². The van der Waals surface area contributed by atoms with E-state index in [1.54, 1.807) is 16.4 Å². The summed E-state index contributed by atoms with van der Waals surface area (Å²) in [6.45, 7) is 6.79. The minimum atomic E-state index is -4.61. The molecule has 0 bridgehead atoms. The summed E-state index contributed by atoms with van der Waals surface area (Å²) < 4.78 is 48.4. The van der Waals surface area contributed by atoms with Crippen LogP contribution in [0.25, 0.3) is 17.2 Å². The number of nitrogens with zero attached hydrogens (tertiary/aromatic N) is 9. The number of carbonyl (C=O) groups is 2. The first-order valence-electron chi connectivity index (χ1n) is 20.0. The third kappa shape index (κ3) is 6.37. The molecule has 2 aromatic carbocycles. The quantitative estimate of drug-likeness (QED) is 0.240. The van der Waals surface area contributed by atoms with Gasteiger partial charge in [-0.3, -0.25) is 19.3 Å². The van der Waals surface area contributed by atoms with Crippen LogP contribution in [-0.2, 0) is 34.1 Å². The molecule has 10 rings (SSSR count). The van der Waals surface area contributed by atoms with E-state index in [4.69, 9.17) is 26.4 Å². The van der Waals surface area contributed by atoms with Crippen molar-refractivity contribution in [3.8, 4) is 17.1 Å². The van der Waals surface area contributed by atoms with Gasteiger partial charge in [-0.2, -0.15) is 22.7 Å². The Morgan fingerprint density at radius 3 is 2.50 bits per heavy atom. The zero-order valence-electron chi connectivity index (χ0n) is 32.5. The molecule has 5 aromatic rings. The van der Waals surface area contributed by atoms with Gasteiger partial charge in [0.2, 0.25) is 11.7 Å². The first kappa shape index (κ1) is 38.6. The smallest absolute Gasteiger partial charge is 0.416 e. The maximum atomic E-state index is 14.8.